The van der Waals surface area contributed by atoms with E-state index in [2.05, 4.69) is 49.6 Å². The van der Waals surface area contributed by atoms with Gasteiger partial charge in [-0.15, -0.1) is 13.2 Å². The van der Waals surface area contributed by atoms with Gasteiger partial charge in [-0.2, -0.15) is 0 Å². The summed E-state index contributed by atoms with van der Waals surface area (Å²) in [6.45, 7) is 10.5. The van der Waals surface area contributed by atoms with Gasteiger partial charge in [0.2, 0.25) is 0 Å². The van der Waals surface area contributed by atoms with E-state index in [9.17, 15) is 9.90 Å². The van der Waals surface area contributed by atoms with Crippen molar-refractivity contribution in [2.75, 3.05) is 59.5 Å². The second-order valence-corrected chi connectivity index (χ2v) is 12.4. The molecule has 9 unspecified atom stereocenters. The summed E-state index contributed by atoms with van der Waals surface area (Å²) in [6.07, 6.45) is 21.2. The molecule has 0 aromatic rings. The number of allylic oxidation sites excluding steroid dienone is 6. The van der Waals surface area contributed by atoms with Crippen LogP contribution in [0.5, 0.6) is 0 Å². The number of ether oxygens (including phenoxy) is 4. The molecule has 42 heavy (non-hydrogen) atoms. The molecule has 3 aliphatic rings. The van der Waals surface area contributed by atoms with Crippen LogP contribution in [0, 0.1) is 47.3 Å². The first kappa shape index (κ1) is 34.7. The van der Waals surface area contributed by atoms with E-state index in [1.165, 1.54) is 19.3 Å². The first-order valence-electron chi connectivity index (χ1n) is 15.8. The van der Waals surface area contributed by atoms with E-state index in [4.69, 9.17) is 29.2 Å². The van der Waals surface area contributed by atoms with Gasteiger partial charge in [0.15, 0.2) is 0 Å². The Morgan fingerprint density at radius 3 is 1.90 bits per heavy atom. The van der Waals surface area contributed by atoms with E-state index in [1.807, 2.05) is 0 Å². The monoisotopic (exact) mass is 590 g/mol. The van der Waals surface area contributed by atoms with Crippen molar-refractivity contribution in [2.45, 2.75) is 51.0 Å². The fourth-order valence-electron chi connectivity index (χ4n) is 6.82. The summed E-state index contributed by atoms with van der Waals surface area (Å²) in [5, 5.41) is 27.0. The normalized spacial score (nSPS) is 32.2. The fraction of sp³-hybridized carbons (Fsp3) is 0.735. The number of carbonyl (C=O) groups is 1. The van der Waals surface area contributed by atoms with Crippen molar-refractivity contribution >= 4 is 5.97 Å². The van der Waals surface area contributed by atoms with Gasteiger partial charge in [0.25, 0.3) is 0 Å². The lowest BCUT2D eigenvalue weighted by molar-refractivity contribution is -0.142. The van der Waals surface area contributed by atoms with Crippen molar-refractivity contribution in [3.63, 3.8) is 0 Å². The van der Waals surface area contributed by atoms with Crippen molar-refractivity contribution in [3.8, 4) is 0 Å². The summed E-state index contributed by atoms with van der Waals surface area (Å²) in [7, 11) is 0. The lowest BCUT2D eigenvalue weighted by Crippen LogP contribution is -2.21. The molecule has 0 aliphatic heterocycles. The molecule has 3 fully saturated rings. The molecule has 8 nitrogen and oxygen atoms in total. The molecule has 0 aromatic heterocycles. The Morgan fingerprint density at radius 1 is 0.714 bits per heavy atom. The molecule has 0 spiro atoms. The summed E-state index contributed by atoms with van der Waals surface area (Å²) in [5.74, 6) is 3.13. The second kappa shape index (κ2) is 19.5. The molecule has 0 aromatic carbocycles. The van der Waals surface area contributed by atoms with Crippen molar-refractivity contribution in [1.29, 1.82) is 0 Å². The maximum Gasteiger partial charge on any atom is 0.329 e. The predicted molar refractivity (Wildman–Crippen MR) is 163 cm³/mol. The van der Waals surface area contributed by atoms with Crippen molar-refractivity contribution in [1.82, 2.24) is 0 Å². The Morgan fingerprint density at radius 2 is 1.29 bits per heavy atom. The zero-order chi connectivity index (χ0) is 30.2. The summed E-state index contributed by atoms with van der Waals surface area (Å²) in [6, 6.07) is 0. The third-order valence-electron chi connectivity index (χ3n) is 9.16. The van der Waals surface area contributed by atoms with Gasteiger partial charge in [-0.05, 0) is 92.3 Å². The van der Waals surface area contributed by atoms with E-state index in [1.54, 1.807) is 0 Å². The number of aliphatic hydroxyl groups excluding tert-OH is 2. The first-order valence-corrected chi connectivity index (χ1v) is 15.8. The molecule has 9 atom stereocenters. The Kier molecular flexibility index (Phi) is 16.1. The van der Waals surface area contributed by atoms with Gasteiger partial charge in [-0.25, -0.2) is 4.79 Å². The summed E-state index contributed by atoms with van der Waals surface area (Å²) >= 11 is 0. The summed E-state index contributed by atoms with van der Waals surface area (Å²) in [5.41, 5.74) is 0. The van der Waals surface area contributed by atoms with E-state index >= 15 is 0 Å². The highest BCUT2D eigenvalue weighted by atomic mass is 16.5. The zero-order valence-electron chi connectivity index (χ0n) is 25.3. The lowest BCUT2D eigenvalue weighted by Gasteiger charge is -2.17. The third-order valence-corrected chi connectivity index (χ3v) is 9.16. The van der Waals surface area contributed by atoms with E-state index in [-0.39, 0.29) is 19.8 Å². The van der Waals surface area contributed by atoms with Gasteiger partial charge in [0.1, 0.15) is 12.7 Å². The van der Waals surface area contributed by atoms with E-state index in [0.717, 1.165) is 25.7 Å². The molecule has 0 heterocycles. The van der Waals surface area contributed by atoms with Crippen LogP contribution in [0.2, 0.25) is 0 Å². The lowest BCUT2D eigenvalue weighted by atomic mass is 9.94. The Hall–Kier alpha value is -1.81. The number of carboxylic acid groups (broad SMARTS) is 1. The number of aliphatic carboxylic acids is 1. The Labute approximate surface area is 252 Å². The maximum absolute atomic E-state index is 10.7. The first-order chi connectivity index (χ1) is 20.4. The zero-order valence-corrected chi connectivity index (χ0v) is 25.3. The van der Waals surface area contributed by atoms with Crippen LogP contribution in [0.15, 0.2) is 49.6 Å². The van der Waals surface area contributed by atoms with Gasteiger partial charge >= 0.3 is 5.97 Å². The maximum atomic E-state index is 10.7. The number of aliphatic hydroxyl groups is 2. The second-order valence-electron chi connectivity index (χ2n) is 12.4. The Bertz CT molecular complexity index is 856. The van der Waals surface area contributed by atoms with Crippen LogP contribution in [0.25, 0.3) is 0 Å². The van der Waals surface area contributed by atoms with Crippen LogP contribution in [-0.4, -0.2) is 86.9 Å². The Balaban J connectivity index is 1.48. The number of hydrogen-bond donors (Lipinski definition) is 3. The molecule has 0 amide bonds. The smallest absolute Gasteiger partial charge is 0.329 e. The minimum absolute atomic E-state index is 0.115. The summed E-state index contributed by atoms with van der Waals surface area (Å²) < 4.78 is 22.3. The van der Waals surface area contributed by atoms with Gasteiger partial charge < -0.3 is 34.3 Å². The SMILES string of the molecule is C=CC1CCC(/C=C\C2CC(/C=C\C3CC(C=C)C(COCCOCC(O)CO)C3)C(COCCOCC(=O)O)C2)C1. The van der Waals surface area contributed by atoms with Crippen molar-refractivity contribution in [3.05, 3.63) is 49.6 Å². The molecule has 0 radical (unpaired) electrons. The molecule has 8 heteroatoms. The minimum Gasteiger partial charge on any atom is -0.480 e. The highest BCUT2D eigenvalue weighted by molar-refractivity contribution is 5.67. The predicted octanol–water partition coefficient (Wildman–Crippen LogP) is 4.68. The van der Waals surface area contributed by atoms with Crippen LogP contribution in [0.4, 0.5) is 0 Å². The van der Waals surface area contributed by atoms with Crippen molar-refractivity contribution in [2.24, 2.45) is 47.3 Å². The quantitative estimate of drug-likeness (QED) is 0.131. The summed E-state index contributed by atoms with van der Waals surface area (Å²) in [4.78, 5) is 10.7. The highest BCUT2D eigenvalue weighted by Gasteiger charge is 2.34. The van der Waals surface area contributed by atoms with Gasteiger partial charge in [0.05, 0.1) is 52.9 Å². The molecule has 3 N–H and O–H groups in total. The fourth-order valence-corrected chi connectivity index (χ4v) is 6.82. The largest absolute Gasteiger partial charge is 0.480 e. The van der Waals surface area contributed by atoms with Crippen LogP contribution < -0.4 is 0 Å². The average Bonchev–Trinajstić information content (AvgIpc) is 3.72. The molecular formula is C34H54O8. The molecule has 3 aliphatic carbocycles. The van der Waals surface area contributed by atoms with Gasteiger partial charge in [0, 0.05) is 0 Å². The minimum atomic E-state index is -0.962. The third kappa shape index (κ3) is 12.4. The molecule has 0 saturated heterocycles. The van der Waals surface area contributed by atoms with E-state index in [0.29, 0.717) is 87.0 Å². The standard InChI is InChI=1S/C34H54O8/c1-3-25-5-6-26(15-25)7-8-27-17-30(32(19-27)22-40-12-14-42-24-34(37)38)10-9-28-16-29(4-2)31(18-28)21-39-11-13-41-23-33(36)20-35/h3-4,7-10,25-33,35-36H,1-2,5-6,11-24H2,(H,37,38)/b8-7-,10-9-. The number of carboxylic acids is 1. The van der Waals surface area contributed by atoms with Crippen LogP contribution in [-0.2, 0) is 23.7 Å². The highest BCUT2D eigenvalue weighted by Crippen LogP contribution is 2.42. The average molecular weight is 591 g/mol. The van der Waals surface area contributed by atoms with E-state index < -0.39 is 12.1 Å². The van der Waals surface area contributed by atoms with Gasteiger partial charge in [-0.3, -0.25) is 0 Å². The van der Waals surface area contributed by atoms with Gasteiger partial charge in [-0.1, -0.05) is 36.5 Å². The molecule has 3 rings (SSSR count). The topological polar surface area (TPSA) is 115 Å². The molecular weight excluding hydrogens is 536 g/mol. The molecule has 238 valence electrons. The number of rotatable bonds is 21. The van der Waals surface area contributed by atoms with Crippen LogP contribution in [0.1, 0.15) is 44.9 Å². The molecule has 0 bridgehead atoms. The van der Waals surface area contributed by atoms with Crippen LogP contribution >= 0.6 is 0 Å². The van der Waals surface area contributed by atoms with Crippen LogP contribution in [0.3, 0.4) is 0 Å². The van der Waals surface area contributed by atoms with Crippen molar-refractivity contribution < 1.29 is 39.1 Å². The number of hydrogen-bond acceptors (Lipinski definition) is 7. The molecule has 3 saturated carbocycles.